The SMILES string of the molecule is COc1cccc(C2CCC(S(N)(=O)=O)CN2)c1F. The van der Waals surface area contributed by atoms with Gasteiger partial charge in [-0.15, -0.1) is 0 Å². The minimum Gasteiger partial charge on any atom is -0.494 e. The van der Waals surface area contributed by atoms with E-state index < -0.39 is 21.1 Å². The van der Waals surface area contributed by atoms with Crippen molar-refractivity contribution >= 4 is 10.0 Å². The lowest BCUT2D eigenvalue weighted by atomic mass is 9.96. The number of primary sulfonamides is 1. The summed E-state index contributed by atoms with van der Waals surface area (Å²) in [6.45, 7) is 0.236. The number of piperidine rings is 1. The van der Waals surface area contributed by atoms with Gasteiger partial charge in [0.2, 0.25) is 10.0 Å². The van der Waals surface area contributed by atoms with Gasteiger partial charge in [-0.05, 0) is 18.9 Å². The molecule has 0 saturated carbocycles. The molecule has 1 fully saturated rings. The van der Waals surface area contributed by atoms with Crippen molar-refractivity contribution in [2.45, 2.75) is 24.1 Å². The first kappa shape index (κ1) is 14.2. The fraction of sp³-hybridized carbons (Fsp3) is 0.500. The minimum atomic E-state index is -3.54. The molecule has 0 radical (unpaired) electrons. The van der Waals surface area contributed by atoms with Crippen molar-refractivity contribution in [1.29, 1.82) is 0 Å². The van der Waals surface area contributed by atoms with Crippen molar-refractivity contribution in [3.05, 3.63) is 29.6 Å². The molecule has 3 N–H and O–H groups in total. The first-order chi connectivity index (χ1) is 8.93. The third-order valence-corrected chi connectivity index (χ3v) is 4.75. The van der Waals surface area contributed by atoms with Gasteiger partial charge in [0.25, 0.3) is 0 Å². The number of nitrogens with two attached hydrogens (primary N) is 1. The minimum absolute atomic E-state index is 0.188. The van der Waals surface area contributed by atoms with Crippen LogP contribution in [0.3, 0.4) is 0 Å². The number of halogens is 1. The van der Waals surface area contributed by atoms with Gasteiger partial charge in [0.1, 0.15) is 0 Å². The summed E-state index contributed by atoms with van der Waals surface area (Å²) < 4.78 is 41.5. The Labute approximate surface area is 112 Å². The Kier molecular flexibility index (Phi) is 4.07. The number of methoxy groups -OCH3 is 1. The van der Waals surface area contributed by atoms with Crippen LogP contribution in [0, 0.1) is 5.82 Å². The zero-order chi connectivity index (χ0) is 14.0. The van der Waals surface area contributed by atoms with E-state index in [4.69, 9.17) is 9.88 Å². The van der Waals surface area contributed by atoms with Crippen LogP contribution in [0.4, 0.5) is 4.39 Å². The first-order valence-electron chi connectivity index (χ1n) is 6.01. The highest BCUT2D eigenvalue weighted by molar-refractivity contribution is 7.89. The Bertz CT molecular complexity index is 554. The molecule has 1 aromatic carbocycles. The van der Waals surface area contributed by atoms with Crippen LogP contribution in [-0.2, 0) is 10.0 Å². The van der Waals surface area contributed by atoms with Gasteiger partial charge in [0.05, 0.1) is 12.4 Å². The van der Waals surface area contributed by atoms with E-state index >= 15 is 0 Å². The fourth-order valence-corrected chi connectivity index (χ4v) is 3.12. The van der Waals surface area contributed by atoms with Crippen molar-refractivity contribution < 1.29 is 17.5 Å². The zero-order valence-electron chi connectivity index (χ0n) is 10.6. The molecule has 2 atom stereocenters. The van der Waals surface area contributed by atoms with Crippen LogP contribution in [0.5, 0.6) is 5.75 Å². The molecule has 2 rings (SSSR count). The predicted octanol–water partition coefficient (Wildman–Crippen LogP) is 0.916. The van der Waals surface area contributed by atoms with Crippen molar-refractivity contribution in [2.24, 2.45) is 5.14 Å². The summed E-state index contributed by atoms with van der Waals surface area (Å²) in [5.74, 6) is -0.218. The van der Waals surface area contributed by atoms with Gasteiger partial charge >= 0.3 is 0 Å². The van der Waals surface area contributed by atoms with Crippen molar-refractivity contribution in [3.8, 4) is 5.75 Å². The Morgan fingerprint density at radius 1 is 1.42 bits per heavy atom. The number of rotatable bonds is 3. The summed E-state index contributed by atoms with van der Waals surface area (Å²) in [7, 11) is -2.13. The molecule has 1 heterocycles. The molecule has 19 heavy (non-hydrogen) atoms. The van der Waals surface area contributed by atoms with Gasteiger partial charge in [0.15, 0.2) is 11.6 Å². The highest BCUT2D eigenvalue weighted by Gasteiger charge is 2.30. The number of hydrogen-bond acceptors (Lipinski definition) is 4. The molecule has 1 saturated heterocycles. The van der Waals surface area contributed by atoms with Crippen LogP contribution in [0.15, 0.2) is 18.2 Å². The van der Waals surface area contributed by atoms with Crippen LogP contribution in [0.1, 0.15) is 24.4 Å². The summed E-state index contributed by atoms with van der Waals surface area (Å²) >= 11 is 0. The van der Waals surface area contributed by atoms with Gasteiger partial charge in [-0.3, -0.25) is 0 Å². The van der Waals surface area contributed by atoms with Gasteiger partial charge in [-0.1, -0.05) is 12.1 Å². The highest BCUT2D eigenvalue weighted by atomic mass is 32.2. The molecule has 7 heteroatoms. The Morgan fingerprint density at radius 3 is 2.68 bits per heavy atom. The second-order valence-electron chi connectivity index (χ2n) is 4.61. The smallest absolute Gasteiger partial charge is 0.213 e. The average molecular weight is 288 g/mol. The standard InChI is InChI=1S/C12H17FN2O3S/c1-18-11-4-2-3-9(12(11)13)10-6-5-8(7-15-10)19(14,16)17/h2-4,8,10,15H,5-7H2,1H3,(H2,14,16,17). The quantitative estimate of drug-likeness (QED) is 0.866. The maximum atomic E-state index is 14.1. The van der Waals surface area contributed by atoms with Crippen molar-refractivity contribution in [3.63, 3.8) is 0 Å². The third-order valence-electron chi connectivity index (χ3n) is 3.42. The fourth-order valence-electron chi connectivity index (χ4n) is 2.33. The highest BCUT2D eigenvalue weighted by Crippen LogP contribution is 2.30. The molecule has 1 aliphatic rings. The van der Waals surface area contributed by atoms with Crippen LogP contribution in [0.25, 0.3) is 0 Å². The summed E-state index contributed by atoms with van der Waals surface area (Å²) in [5, 5.41) is 7.54. The van der Waals surface area contributed by atoms with Crippen molar-refractivity contribution in [2.75, 3.05) is 13.7 Å². The molecular weight excluding hydrogens is 271 g/mol. The van der Waals surface area contributed by atoms with Gasteiger partial charge in [-0.25, -0.2) is 17.9 Å². The summed E-state index contributed by atoms with van der Waals surface area (Å²) in [4.78, 5) is 0. The van der Waals surface area contributed by atoms with Crippen molar-refractivity contribution in [1.82, 2.24) is 5.32 Å². The molecule has 0 spiro atoms. The molecule has 5 nitrogen and oxygen atoms in total. The van der Waals surface area contributed by atoms with E-state index in [1.54, 1.807) is 18.2 Å². The number of ether oxygens (including phenoxy) is 1. The average Bonchev–Trinajstić information content (AvgIpc) is 2.38. The van der Waals surface area contributed by atoms with E-state index in [-0.39, 0.29) is 18.3 Å². The molecule has 0 aliphatic carbocycles. The summed E-state index contributed by atoms with van der Waals surface area (Å²) in [5.41, 5.74) is 0.493. The second kappa shape index (κ2) is 5.44. The maximum Gasteiger partial charge on any atom is 0.213 e. The lowest BCUT2D eigenvalue weighted by molar-refractivity contribution is 0.365. The maximum absolute atomic E-state index is 14.1. The van der Waals surface area contributed by atoms with Crippen LogP contribution in [0.2, 0.25) is 0 Å². The van der Waals surface area contributed by atoms with E-state index in [1.165, 1.54) is 7.11 Å². The topological polar surface area (TPSA) is 81.4 Å². The number of benzene rings is 1. The summed E-state index contributed by atoms with van der Waals surface area (Å²) in [6.07, 6.45) is 0.943. The normalized spacial score (nSPS) is 24.2. The van der Waals surface area contributed by atoms with E-state index in [9.17, 15) is 12.8 Å². The van der Waals surface area contributed by atoms with Crippen LogP contribution < -0.4 is 15.2 Å². The van der Waals surface area contributed by atoms with Crippen LogP contribution in [-0.4, -0.2) is 27.3 Å². The number of hydrogen-bond donors (Lipinski definition) is 2. The Hall–Kier alpha value is -1.18. The number of nitrogens with one attached hydrogen (secondary N) is 1. The lowest BCUT2D eigenvalue weighted by Crippen LogP contribution is -2.43. The van der Waals surface area contributed by atoms with E-state index in [0.717, 1.165) is 0 Å². The summed E-state index contributed by atoms with van der Waals surface area (Å²) in [6, 6.07) is 4.72. The molecule has 2 unspecified atom stereocenters. The van der Waals surface area contributed by atoms with E-state index in [0.29, 0.717) is 18.4 Å². The first-order valence-corrected chi connectivity index (χ1v) is 7.62. The van der Waals surface area contributed by atoms with E-state index in [2.05, 4.69) is 5.32 Å². The Morgan fingerprint density at radius 2 is 2.16 bits per heavy atom. The second-order valence-corrected chi connectivity index (χ2v) is 6.46. The third kappa shape index (κ3) is 3.05. The molecule has 0 bridgehead atoms. The molecule has 106 valence electrons. The largest absolute Gasteiger partial charge is 0.494 e. The van der Waals surface area contributed by atoms with Gasteiger partial charge in [0, 0.05) is 18.2 Å². The predicted molar refractivity (Wildman–Crippen MR) is 69.8 cm³/mol. The van der Waals surface area contributed by atoms with Gasteiger partial charge in [-0.2, -0.15) is 0 Å². The molecular formula is C12H17FN2O3S. The molecule has 1 aromatic rings. The zero-order valence-corrected chi connectivity index (χ0v) is 11.4. The Balaban J connectivity index is 2.14. The molecule has 0 aromatic heterocycles. The van der Waals surface area contributed by atoms with E-state index in [1.807, 2.05) is 0 Å². The monoisotopic (exact) mass is 288 g/mol. The molecule has 0 amide bonds. The van der Waals surface area contributed by atoms with Crippen LogP contribution >= 0.6 is 0 Å². The van der Waals surface area contributed by atoms with Gasteiger partial charge < -0.3 is 10.1 Å². The lowest BCUT2D eigenvalue weighted by Gasteiger charge is -2.29. The molecule has 1 aliphatic heterocycles. The number of sulfonamides is 1.